The van der Waals surface area contributed by atoms with Gasteiger partial charge in [-0.05, 0) is 18.8 Å². The molecule has 5 heteroatoms. The molecule has 2 heterocycles. The molecular weight excluding hydrogens is 260 g/mol. The molecule has 1 fully saturated rings. The van der Waals surface area contributed by atoms with Crippen LogP contribution in [0.1, 0.15) is 49.4 Å². The quantitative estimate of drug-likeness (QED) is 0.795. The van der Waals surface area contributed by atoms with Crippen LogP contribution in [0, 0.1) is 5.92 Å². The molecule has 3 unspecified atom stereocenters. The molecule has 4 nitrogen and oxygen atoms in total. The summed E-state index contributed by atoms with van der Waals surface area (Å²) in [6.07, 6.45) is 1.99. The normalized spacial score (nSPS) is 28.2. The standard InChI is InChI=1S/C10H15BrN2O2/c1-3-7(11)9-12-13-10(15-9)8-6(2)4-5-14-8/h6-8H,3-5H2,1-2H3. The molecule has 1 aromatic heterocycles. The molecule has 0 aromatic carbocycles. The van der Waals surface area contributed by atoms with Crippen LogP contribution in [0.5, 0.6) is 0 Å². The highest BCUT2D eigenvalue weighted by atomic mass is 79.9. The van der Waals surface area contributed by atoms with Crippen LogP contribution < -0.4 is 0 Å². The van der Waals surface area contributed by atoms with Crippen molar-refractivity contribution in [3.05, 3.63) is 11.8 Å². The van der Waals surface area contributed by atoms with Crippen molar-refractivity contribution in [3.63, 3.8) is 0 Å². The monoisotopic (exact) mass is 274 g/mol. The minimum absolute atomic E-state index is 0.0113. The first-order valence-electron chi connectivity index (χ1n) is 5.31. The van der Waals surface area contributed by atoms with E-state index in [1.165, 1.54) is 0 Å². The number of hydrogen-bond acceptors (Lipinski definition) is 4. The summed E-state index contributed by atoms with van der Waals surface area (Å²) in [6, 6.07) is 0. The highest BCUT2D eigenvalue weighted by Crippen LogP contribution is 2.34. The van der Waals surface area contributed by atoms with Crippen molar-refractivity contribution >= 4 is 15.9 Å². The Labute approximate surface area is 97.5 Å². The molecule has 0 radical (unpaired) electrons. The first-order valence-corrected chi connectivity index (χ1v) is 6.23. The van der Waals surface area contributed by atoms with Crippen molar-refractivity contribution in [2.45, 2.75) is 37.6 Å². The van der Waals surface area contributed by atoms with E-state index >= 15 is 0 Å². The van der Waals surface area contributed by atoms with Gasteiger partial charge in [0.25, 0.3) is 0 Å². The van der Waals surface area contributed by atoms with Crippen molar-refractivity contribution in [2.75, 3.05) is 6.61 Å². The molecule has 2 rings (SSSR count). The molecule has 3 atom stereocenters. The van der Waals surface area contributed by atoms with E-state index in [1.807, 2.05) is 0 Å². The number of aromatic nitrogens is 2. The average molecular weight is 275 g/mol. The van der Waals surface area contributed by atoms with Crippen molar-refractivity contribution in [2.24, 2.45) is 5.92 Å². The van der Waals surface area contributed by atoms with Gasteiger partial charge in [-0.3, -0.25) is 0 Å². The number of ether oxygens (including phenoxy) is 1. The zero-order valence-electron chi connectivity index (χ0n) is 8.94. The molecule has 0 bridgehead atoms. The molecule has 1 aromatic rings. The first kappa shape index (κ1) is 11.1. The Kier molecular flexibility index (Phi) is 3.41. The molecule has 1 aliphatic rings. The number of halogens is 1. The van der Waals surface area contributed by atoms with Crippen molar-refractivity contribution < 1.29 is 9.15 Å². The van der Waals surface area contributed by atoms with Crippen LogP contribution >= 0.6 is 15.9 Å². The lowest BCUT2D eigenvalue weighted by molar-refractivity contribution is 0.0704. The van der Waals surface area contributed by atoms with Crippen LogP contribution in [0.2, 0.25) is 0 Å². The summed E-state index contributed by atoms with van der Waals surface area (Å²) in [7, 11) is 0. The number of nitrogens with zero attached hydrogens (tertiary/aromatic N) is 2. The Morgan fingerprint density at radius 2 is 2.33 bits per heavy atom. The van der Waals surface area contributed by atoms with Crippen LogP contribution in [0.3, 0.4) is 0 Å². The maximum atomic E-state index is 5.60. The van der Waals surface area contributed by atoms with E-state index in [9.17, 15) is 0 Å². The van der Waals surface area contributed by atoms with Gasteiger partial charge in [-0.1, -0.05) is 29.8 Å². The fourth-order valence-corrected chi connectivity index (χ4v) is 1.86. The highest BCUT2D eigenvalue weighted by molar-refractivity contribution is 9.09. The van der Waals surface area contributed by atoms with Gasteiger partial charge >= 0.3 is 0 Å². The van der Waals surface area contributed by atoms with Crippen LogP contribution in [-0.4, -0.2) is 16.8 Å². The fourth-order valence-electron chi connectivity index (χ4n) is 1.67. The predicted molar refractivity (Wildman–Crippen MR) is 58.7 cm³/mol. The summed E-state index contributed by atoms with van der Waals surface area (Å²) in [5.41, 5.74) is 0. The number of hydrogen-bond donors (Lipinski definition) is 0. The summed E-state index contributed by atoms with van der Waals surface area (Å²) >= 11 is 3.48. The number of rotatable bonds is 3. The molecule has 0 amide bonds. The zero-order valence-corrected chi connectivity index (χ0v) is 10.5. The lowest BCUT2D eigenvalue weighted by Crippen LogP contribution is -2.03. The molecule has 0 N–H and O–H groups in total. The van der Waals surface area contributed by atoms with E-state index in [0.29, 0.717) is 17.7 Å². The minimum atomic E-state index is -0.0113. The van der Waals surface area contributed by atoms with Gasteiger partial charge in [0.15, 0.2) is 0 Å². The maximum Gasteiger partial charge on any atom is 0.245 e. The highest BCUT2D eigenvalue weighted by Gasteiger charge is 2.31. The third-order valence-electron chi connectivity index (χ3n) is 2.71. The van der Waals surface area contributed by atoms with E-state index in [1.54, 1.807) is 0 Å². The van der Waals surface area contributed by atoms with Gasteiger partial charge < -0.3 is 9.15 Å². The first-order chi connectivity index (χ1) is 7.22. The summed E-state index contributed by atoms with van der Waals surface area (Å²) in [6.45, 7) is 5.00. The Balaban J connectivity index is 2.12. The van der Waals surface area contributed by atoms with Crippen LogP contribution in [0.4, 0.5) is 0 Å². The van der Waals surface area contributed by atoms with Crippen LogP contribution in [0.25, 0.3) is 0 Å². The second kappa shape index (κ2) is 4.61. The van der Waals surface area contributed by atoms with Crippen molar-refractivity contribution in [1.82, 2.24) is 10.2 Å². The van der Waals surface area contributed by atoms with Gasteiger partial charge in [0, 0.05) is 6.61 Å². The lowest BCUT2D eigenvalue weighted by Gasteiger charge is -2.08. The smallest absolute Gasteiger partial charge is 0.245 e. The van der Waals surface area contributed by atoms with Gasteiger partial charge in [-0.25, -0.2) is 0 Å². The summed E-state index contributed by atoms with van der Waals surface area (Å²) in [5.74, 6) is 1.73. The predicted octanol–water partition coefficient (Wildman–Crippen LogP) is 3.01. The summed E-state index contributed by atoms with van der Waals surface area (Å²) < 4.78 is 11.2. The average Bonchev–Trinajstić information content (AvgIpc) is 2.84. The Hall–Kier alpha value is -0.420. The Morgan fingerprint density at radius 3 is 2.93 bits per heavy atom. The van der Waals surface area contributed by atoms with E-state index in [2.05, 4.69) is 40.0 Å². The zero-order chi connectivity index (χ0) is 10.8. The molecule has 1 saturated heterocycles. The maximum absolute atomic E-state index is 5.60. The summed E-state index contributed by atoms with van der Waals surface area (Å²) in [4.78, 5) is 0.149. The van der Waals surface area contributed by atoms with Gasteiger partial charge in [0.05, 0.1) is 4.83 Å². The lowest BCUT2D eigenvalue weighted by atomic mass is 10.0. The van der Waals surface area contributed by atoms with Gasteiger partial charge in [-0.2, -0.15) is 0 Å². The largest absolute Gasteiger partial charge is 0.421 e. The van der Waals surface area contributed by atoms with E-state index < -0.39 is 0 Å². The van der Waals surface area contributed by atoms with Gasteiger partial charge in [-0.15, -0.1) is 10.2 Å². The van der Waals surface area contributed by atoms with E-state index in [-0.39, 0.29) is 10.9 Å². The Bertz CT molecular complexity index is 329. The van der Waals surface area contributed by atoms with Gasteiger partial charge in [0.1, 0.15) is 6.10 Å². The fraction of sp³-hybridized carbons (Fsp3) is 0.800. The van der Waals surface area contributed by atoms with E-state index in [0.717, 1.165) is 19.4 Å². The van der Waals surface area contributed by atoms with Crippen molar-refractivity contribution in [3.8, 4) is 0 Å². The molecular formula is C10H15BrN2O2. The third-order valence-corrected chi connectivity index (χ3v) is 3.75. The van der Waals surface area contributed by atoms with Crippen LogP contribution in [-0.2, 0) is 4.74 Å². The van der Waals surface area contributed by atoms with E-state index in [4.69, 9.17) is 9.15 Å². The third kappa shape index (κ3) is 2.23. The van der Waals surface area contributed by atoms with Crippen molar-refractivity contribution in [1.29, 1.82) is 0 Å². The number of alkyl halides is 1. The topological polar surface area (TPSA) is 48.2 Å². The SMILES string of the molecule is CCC(Br)c1nnc(C2OCCC2C)o1. The van der Waals surface area contributed by atoms with Crippen LogP contribution in [0.15, 0.2) is 4.42 Å². The second-order valence-electron chi connectivity index (χ2n) is 3.91. The molecule has 15 heavy (non-hydrogen) atoms. The Morgan fingerprint density at radius 1 is 1.53 bits per heavy atom. The minimum Gasteiger partial charge on any atom is -0.421 e. The van der Waals surface area contributed by atoms with Gasteiger partial charge in [0.2, 0.25) is 11.8 Å². The molecule has 0 aliphatic carbocycles. The summed E-state index contributed by atoms with van der Waals surface area (Å²) in [5, 5.41) is 8.07. The second-order valence-corrected chi connectivity index (χ2v) is 5.02. The molecule has 1 aliphatic heterocycles. The molecule has 84 valence electrons. The molecule has 0 spiro atoms. The molecule has 0 saturated carbocycles.